The Balaban J connectivity index is 2.58. The van der Waals surface area contributed by atoms with Crippen molar-refractivity contribution in [2.24, 2.45) is 0 Å². The predicted molar refractivity (Wildman–Crippen MR) is 86.4 cm³/mol. The van der Waals surface area contributed by atoms with Gasteiger partial charge in [0.2, 0.25) is 0 Å². The summed E-state index contributed by atoms with van der Waals surface area (Å²) in [6, 6.07) is 5.45. The van der Waals surface area contributed by atoms with Gasteiger partial charge in [-0.2, -0.15) is 5.10 Å². The van der Waals surface area contributed by atoms with Crippen molar-refractivity contribution >= 4 is 23.2 Å². The number of benzene rings is 1. The first-order valence-electron chi connectivity index (χ1n) is 6.90. The van der Waals surface area contributed by atoms with Gasteiger partial charge in [-0.15, -0.1) is 0 Å². The second kappa shape index (κ2) is 7.16. The lowest BCUT2D eigenvalue weighted by molar-refractivity contribution is 0.402. The van der Waals surface area contributed by atoms with Gasteiger partial charge >= 0.3 is 0 Å². The van der Waals surface area contributed by atoms with Gasteiger partial charge in [-0.25, -0.2) is 0 Å². The minimum Gasteiger partial charge on any atom is -0.496 e. The third-order valence-corrected chi connectivity index (χ3v) is 3.84. The van der Waals surface area contributed by atoms with Gasteiger partial charge in [0.15, 0.2) is 0 Å². The maximum absolute atomic E-state index is 6.34. The molecule has 0 aliphatic carbocycles. The summed E-state index contributed by atoms with van der Waals surface area (Å²) >= 11 is 12.5. The van der Waals surface area contributed by atoms with Crippen molar-refractivity contribution in [3.8, 4) is 5.75 Å². The molecule has 4 nitrogen and oxygen atoms in total. The van der Waals surface area contributed by atoms with E-state index in [9.17, 15) is 0 Å². The normalized spacial score (nSPS) is 12.4. The van der Waals surface area contributed by atoms with Crippen LogP contribution in [0.5, 0.6) is 5.75 Å². The maximum Gasteiger partial charge on any atom is 0.124 e. The first-order valence-corrected chi connectivity index (χ1v) is 7.65. The van der Waals surface area contributed by atoms with E-state index in [1.807, 2.05) is 36.7 Å². The van der Waals surface area contributed by atoms with E-state index < -0.39 is 0 Å². The first kappa shape index (κ1) is 16.1. The van der Waals surface area contributed by atoms with Crippen LogP contribution in [0.25, 0.3) is 0 Å². The van der Waals surface area contributed by atoms with E-state index in [-0.39, 0.29) is 6.04 Å². The molecule has 1 N–H and O–H groups in total. The summed E-state index contributed by atoms with van der Waals surface area (Å²) in [6.45, 7) is 5.61. The number of halogens is 2. The molecule has 0 saturated carbocycles. The number of ether oxygens (including phenoxy) is 1. The molecule has 6 heteroatoms. The number of hydrogen-bond donors (Lipinski definition) is 1. The van der Waals surface area contributed by atoms with Gasteiger partial charge in [0.1, 0.15) is 5.75 Å². The van der Waals surface area contributed by atoms with Crippen LogP contribution in [0.3, 0.4) is 0 Å². The zero-order chi connectivity index (χ0) is 15.4. The molecule has 0 spiro atoms. The lowest BCUT2D eigenvalue weighted by Gasteiger charge is -2.22. The summed E-state index contributed by atoms with van der Waals surface area (Å²) in [4.78, 5) is 0. The Labute approximate surface area is 135 Å². The van der Waals surface area contributed by atoms with E-state index >= 15 is 0 Å². The van der Waals surface area contributed by atoms with Crippen LogP contribution in [0, 0.1) is 0 Å². The van der Waals surface area contributed by atoms with Crippen LogP contribution in [0.15, 0.2) is 24.4 Å². The third-order valence-electron chi connectivity index (χ3n) is 3.32. The molecule has 0 saturated heterocycles. The fraction of sp³-hybridized carbons (Fsp3) is 0.400. The van der Waals surface area contributed by atoms with Crippen LogP contribution in [-0.2, 0) is 6.54 Å². The average molecular weight is 328 g/mol. The van der Waals surface area contributed by atoms with E-state index in [0.717, 1.165) is 30.1 Å². The number of nitrogens with zero attached hydrogens (tertiary/aromatic N) is 2. The Hall–Kier alpha value is -1.23. The second-order valence-electron chi connectivity index (χ2n) is 4.57. The molecule has 0 radical (unpaired) electrons. The molecule has 1 aromatic heterocycles. The minimum atomic E-state index is -0.126. The second-order valence-corrected chi connectivity index (χ2v) is 5.41. The molecular weight excluding hydrogens is 309 g/mol. The Morgan fingerprint density at radius 2 is 2.10 bits per heavy atom. The van der Waals surface area contributed by atoms with E-state index in [0.29, 0.717) is 10.0 Å². The minimum absolute atomic E-state index is 0.126. The maximum atomic E-state index is 6.34. The molecule has 0 aliphatic rings. The molecule has 1 atom stereocenters. The van der Waals surface area contributed by atoms with E-state index in [2.05, 4.69) is 10.4 Å². The summed E-state index contributed by atoms with van der Waals surface area (Å²) in [5.41, 5.74) is 1.87. The molecule has 0 bridgehead atoms. The van der Waals surface area contributed by atoms with E-state index in [4.69, 9.17) is 27.9 Å². The lowest BCUT2D eigenvalue weighted by Crippen LogP contribution is -2.25. The Morgan fingerprint density at radius 3 is 2.71 bits per heavy atom. The van der Waals surface area contributed by atoms with Gasteiger partial charge in [0.25, 0.3) is 0 Å². The summed E-state index contributed by atoms with van der Waals surface area (Å²) in [6.07, 6.45) is 1.67. The highest BCUT2D eigenvalue weighted by molar-refractivity contribution is 6.31. The Morgan fingerprint density at radius 1 is 1.33 bits per heavy atom. The number of aryl methyl sites for hydroxylation is 1. The summed E-state index contributed by atoms with van der Waals surface area (Å²) < 4.78 is 7.35. The molecule has 0 fully saturated rings. The molecule has 21 heavy (non-hydrogen) atoms. The van der Waals surface area contributed by atoms with Crippen LogP contribution >= 0.6 is 23.2 Å². The van der Waals surface area contributed by atoms with Crippen molar-refractivity contribution in [3.63, 3.8) is 0 Å². The van der Waals surface area contributed by atoms with Gasteiger partial charge in [-0.1, -0.05) is 30.1 Å². The fourth-order valence-corrected chi connectivity index (χ4v) is 2.83. The highest BCUT2D eigenvalue weighted by Crippen LogP contribution is 2.35. The summed E-state index contributed by atoms with van der Waals surface area (Å²) in [7, 11) is 1.65. The average Bonchev–Trinajstić information content (AvgIpc) is 2.85. The standard InChI is InChI=1S/C15H19Cl2N3O/c1-4-18-14(15-12(17)9-19-20(15)5-2)11-8-10(16)6-7-13(11)21-3/h6-9,14,18H,4-5H2,1-3H3. The van der Waals surface area contributed by atoms with Crippen molar-refractivity contribution in [2.45, 2.75) is 26.4 Å². The van der Waals surface area contributed by atoms with Gasteiger partial charge in [0, 0.05) is 17.1 Å². The quantitative estimate of drug-likeness (QED) is 0.874. The van der Waals surface area contributed by atoms with Crippen LogP contribution in [0.2, 0.25) is 10.0 Å². The van der Waals surface area contributed by atoms with E-state index in [1.165, 1.54) is 0 Å². The molecule has 2 aromatic rings. The van der Waals surface area contributed by atoms with Gasteiger partial charge < -0.3 is 10.1 Å². The SMILES string of the molecule is CCNC(c1cc(Cl)ccc1OC)c1c(Cl)cnn1CC. The number of hydrogen-bond acceptors (Lipinski definition) is 3. The van der Waals surface area contributed by atoms with Crippen molar-refractivity contribution in [1.82, 2.24) is 15.1 Å². The van der Waals surface area contributed by atoms with Crippen molar-refractivity contribution in [3.05, 3.63) is 45.7 Å². The smallest absolute Gasteiger partial charge is 0.124 e. The van der Waals surface area contributed by atoms with Crippen molar-refractivity contribution in [2.75, 3.05) is 13.7 Å². The zero-order valence-corrected chi connectivity index (χ0v) is 13.9. The van der Waals surface area contributed by atoms with Crippen LogP contribution < -0.4 is 10.1 Å². The largest absolute Gasteiger partial charge is 0.496 e. The number of aromatic nitrogens is 2. The molecule has 1 aromatic carbocycles. The van der Waals surface area contributed by atoms with Gasteiger partial charge in [-0.05, 0) is 31.7 Å². The number of rotatable bonds is 6. The number of methoxy groups -OCH3 is 1. The van der Waals surface area contributed by atoms with Crippen LogP contribution in [0.1, 0.15) is 31.1 Å². The topological polar surface area (TPSA) is 39.1 Å². The highest BCUT2D eigenvalue weighted by atomic mass is 35.5. The highest BCUT2D eigenvalue weighted by Gasteiger charge is 2.24. The van der Waals surface area contributed by atoms with Gasteiger partial charge in [0.05, 0.1) is 30.1 Å². The van der Waals surface area contributed by atoms with E-state index in [1.54, 1.807) is 13.3 Å². The predicted octanol–water partition coefficient (Wildman–Crippen LogP) is 3.92. The molecule has 114 valence electrons. The molecule has 1 heterocycles. The number of nitrogens with one attached hydrogen (secondary N) is 1. The Kier molecular flexibility index (Phi) is 5.51. The third kappa shape index (κ3) is 3.34. The molecule has 1 unspecified atom stereocenters. The van der Waals surface area contributed by atoms with Crippen LogP contribution in [0.4, 0.5) is 0 Å². The van der Waals surface area contributed by atoms with Crippen molar-refractivity contribution < 1.29 is 4.74 Å². The molecule has 0 amide bonds. The fourth-order valence-electron chi connectivity index (χ4n) is 2.40. The Bertz CT molecular complexity index is 613. The molecular formula is C15H19Cl2N3O. The van der Waals surface area contributed by atoms with Crippen LogP contribution in [-0.4, -0.2) is 23.4 Å². The summed E-state index contributed by atoms with van der Waals surface area (Å²) in [5, 5.41) is 9.04. The summed E-state index contributed by atoms with van der Waals surface area (Å²) in [5.74, 6) is 0.769. The zero-order valence-electron chi connectivity index (χ0n) is 12.4. The molecule has 0 aliphatic heterocycles. The monoisotopic (exact) mass is 327 g/mol. The van der Waals surface area contributed by atoms with Crippen molar-refractivity contribution in [1.29, 1.82) is 0 Å². The van der Waals surface area contributed by atoms with Gasteiger partial charge in [-0.3, -0.25) is 4.68 Å². The lowest BCUT2D eigenvalue weighted by atomic mass is 10.0. The molecule has 2 rings (SSSR count). The first-order chi connectivity index (χ1) is 10.1.